The summed E-state index contributed by atoms with van der Waals surface area (Å²) in [5, 5.41) is 2.91. The van der Waals surface area contributed by atoms with E-state index in [0.29, 0.717) is 11.4 Å². The maximum absolute atomic E-state index is 12.8. The zero-order valence-electron chi connectivity index (χ0n) is 15.9. The Balaban J connectivity index is 1.90. The third-order valence-electron chi connectivity index (χ3n) is 4.80. The van der Waals surface area contributed by atoms with E-state index in [1.54, 1.807) is 12.1 Å². The highest BCUT2D eigenvalue weighted by atomic mass is 32.2. The summed E-state index contributed by atoms with van der Waals surface area (Å²) in [7, 11) is -3.48. The van der Waals surface area contributed by atoms with Gasteiger partial charge in [-0.1, -0.05) is 18.2 Å². The first-order valence-corrected chi connectivity index (χ1v) is 10.6. The number of ether oxygens (including phenoxy) is 1. The lowest BCUT2D eigenvalue weighted by Gasteiger charge is -2.21. The molecule has 0 saturated heterocycles. The number of aryl methyl sites for hydroxylation is 2. The summed E-state index contributed by atoms with van der Waals surface area (Å²) < 4.78 is 31.7. The van der Waals surface area contributed by atoms with Gasteiger partial charge < -0.3 is 10.1 Å². The van der Waals surface area contributed by atoms with Crippen molar-refractivity contribution in [2.45, 2.75) is 33.3 Å². The molecular formula is C20H24N2O4S. The number of hydrogen-bond donors (Lipinski definition) is 1. The number of nitrogens with one attached hydrogen (secondary N) is 1. The zero-order valence-corrected chi connectivity index (χ0v) is 16.8. The van der Waals surface area contributed by atoms with Crippen molar-refractivity contribution in [1.29, 1.82) is 0 Å². The number of nitrogens with zero attached hydrogens (tertiary/aromatic N) is 1. The standard InChI is InChI=1S/C20H24N2O4S/c1-13-8-9-18-17(12-13)22(27(4,24)25)11-10-19(26-18)20(23)21-16-7-5-6-14(2)15(16)3/h5-9,12,19H,10-11H2,1-4H3,(H,21,23)/t19-/m0/s1. The van der Waals surface area contributed by atoms with Crippen LogP contribution in [0.5, 0.6) is 5.75 Å². The zero-order chi connectivity index (χ0) is 19.8. The van der Waals surface area contributed by atoms with Gasteiger partial charge in [-0.25, -0.2) is 8.42 Å². The van der Waals surface area contributed by atoms with Crippen molar-refractivity contribution in [3.8, 4) is 5.75 Å². The maximum Gasteiger partial charge on any atom is 0.265 e. The molecule has 144 valence electrons. The Morgan fingerprint density at radius 2 is 1.93 bits per heavy atom. The molecule has 2 aromatic rings. The van der Waals surface area contributed by atoms with Gasteiger partial charge in [0.25, 0.3) is 5.91 Å². The van der Waals surface area contributed by atoms with Crippen LogP contribution in [0.2, 0.25) is 0 Å². The molecule has 1 amide bonds. The molecule has 1 aliphatic rings. The minimum absolute atomic E-state index is 0.181. The van der Waals surface area contributed by atoms with Crippen LogP contribution in [0.15, 0.2) is 36.4 Å². The highest BCUT2D eigenvalue weighted by molar-refractivity contribution is 7.92. The predicted molar refractivity (Wildman–Crippen MR) is 107 cm³/mol. The summed E-state index contributed by atoms with van der Waals surface area (Å²) in [6.07, 6.45) is 0.644. The molecule has 0 unspecified atom stereocenters. The molecule has 0 saturated carbocycles. The molecule has 3 rings (SSSR count). The third-order valence-corrected chi connectivity index (χ3v) is 5.98. The Morgan fingerprint density at radius 1 is 1.19 bits per heavy atom. The van der Waals surface area contributed by atoms with Gasteiger partial charge in [-0.15, -0.1) is 0 Å². The van der Waals surface area contributed by atoms with E-state index in [4.69, 9.17) is 4.74 Å². The first-order chi connectivity index (χ1) is 12.7. The molecule has 1 atom stereocenters. The van der Waals surface area contributed by atoms with Crippen molar-refractivity contribution in [2.24, 2.45) is 0 Å². The van der Waals surface area contributed by atoms with Crippen LogP contribution in [-0.2, 0) is 14.8 Å². The lowest BCUT2D eigenvalue weighted by Crippen LogP contribution is -2.36. The van der Waals surface area contributed by atoms with E-state index in [9.17, 15) is 13.2 Å². The second-order valence-electron chi connectivity index (χ2n) is 6.94. The molecule has 1 heterocycles. The smallest absolute Gasteiger partial charge is 0.265 e. The summed E-state index contributed by atoms with van der Waals surface area (Å²) in [6.45, 7) is 5.99. The average molecular weight is 388 g/mol. The Hall–Kier alpha value is -2.54. The van der Waals surface area contributed by atoms with Gasteiger partial charge in [0.15, 0.2) is 6.10 Å². The number of amides is 1. The van der Waals surface area contributed by atoms with Gasteiger partial charge >= 0.3 is 0 Å². The van der Waals surface area contributed by atoms with Crippen molar-refractivity contribution in [3.63, 3.8) is 0 Å². The molecule has 0 spiro atoms. The molecule has 0 aromatic heterocycles. The van der Waals surface area contributed by atoms with E-state index >= 15 is 0 Å². The number of sulfonamides is 1. The Bertz CT molecular complexity index is 985. The molecule has 0 bridgehead atoms. The van der Waals surface area contributed by atoms with Crippen LogP contribution in [-0.4, -0.2) is 33.2 Å². The second kappa shape index (κ2) is 7.23. The van der Waals surface area contributed by atoms with E-state index in [0.717, 1.165) is 28.6 Å². The Labute approximate surface area is 160 Å². The van der Waals surface area contributed by atoms with E-state index in [-0.39, 0.29) is 18.9 Å². The van der Waals surface area contributed by atoms with Crippen LogP contribution in [0.3, 0.4) is 0 Å². The molecule has 0 aliphatic carbocycles. The molecule has 6 nitrogen and oxygen atoms in total. The number of carbonyl (C=O) groups excluding carboxylic acids is 1. The average Bonchev–Trinajstić information content (AvgIpc) is 2.78. The first-order valence-electron chi connectivity index (χ1n) is 8.79. The second-order valence-corrected chi connectivity index (χ2v) is 8.85. The summed E-state index contributed by atoms with van der Waals surface area (Å²) in [4.78, 5) is 12.8. The summed E-state index contributed by atoms with van der Waals surface area (Å²) in [5.41, 5.74) is 4.20. The van der Waals surface area contributed by atoms with Crippen LogP contribution < -0.4 is 14.4 Å². The molecular weight excluding hydrogens is 364 g/mol. The summed E-state index contributed by atoms with van der Waals surface area (Å²) in [6, 6.07) is 11.0. The number of carbonyl (C=O) groups is 1. The highest BCUT2D eigenvalue weighted by Gasteiger charge is 2.31. The molecule has 7 heteroatoms. The number of hydrogen-bond acceptors (Lipinski definition) is 4. The Morgan fingerprint density at radius 3 is 2.63 bits per heavy atom. The molecule has 2 aromatic carbocycles. The van der Waals surface area contributed by atoms with Crippen molar-refractivity contribution in [2.75, 3.05) is 22.4 Å². The van der Waals surface area contributed by atoms with Gasteiger partial charge in [-0.05, 0) is 55.7 Å². The summed E-state index contributed by atoms with van der Waals surface area (Å²) >= 11 is 0. The monoisotopic (exact) mass is 388 g/mol. The van der Waals surface area contributed by atoms with E-state index < -0.39 is 16.1 Å². The minimum Gasteiger partial charge on any atom is -0.478 e. The largest absolute Gasteiger partial charge is 0.478 e. The van der Waals surface area contributed by atoms with Crippen molar-refractivity contribution in [3.05, 3.63) is 53.1 Å². The molecule has 1 N–H and O–H groups in total. The van der Waals surface area contributed by atoms with Gasteiger partial charge in [-0.3, -0.25) is 9.10 Å². The van der Waals surface area contributed by atoms with Crippen LogP contribution in [0, 0.1) is 20.8 Å². The summed E-state index contributed by atoms with van der Waals surface area (Å²) in [5.74, 6) is 0.107. The van der Waals surface area contributed by atoms with E-state index in [2.05, 4.69) is 5.32 Å². The highest BCUT2D eigenvalue weighted by Crippen LogP contribution is 2.35. The van der Waals surface area contributed by atoms with E-state index in [1.165, 1.54) is 4.31 Å². The normalized spacial score (nSPS) is 16.9. The fourth-order valence-electron chi connectivity index (χ4n) is 3.12. The van der Waals surface area contributed by atoms with Gasteiger partial charge in [0.2, 0.25) is 10.0 Å². The number of rotatable bonds is 3. The Kier molecular flexibility index (Phi) is 5.15. The van der Waals surface area contributed by atoms with Gasteiger partial charge in [0.1, 0.15) is 5.75 Å². The minimum atomic E-state index is -3.48. The fourth-order valence-corrected chi connectivity index (χ4v) is 4.05. The molecule has 1 aliphatic heterocycles. The van der Waals surface area contributed by atoms with Crippen molar-refractivity contribution in [1.82, 2.24) is 0 Å². The third kappa shape index (κ3) is 4.08. The molecule has 0 fully saturated rings. The maximum atomic E-state index is 12.8. The number of benzene rings is 2. The van der Waals surface area contributed by atoms with Gasteiger partial charge in [-0.2, -0.15) is 0 Å². The van der Waals surface area contributed by atoms with Gasteiger partial charge in [0, 0.05) is 18.7 Å². The SMILES string of the molecule is Cc1ccc2c(c1)N(S(C)(=O)=O)CC[C@@H](C(=O)Nc1cccc(C)c1C)O2. The van der Waals surface area contributed by atoms with Crippen LogP contribution in [0.25, 0.3) is 0 Å². The predicted octanol–water partition coefficient (Wildman–Crippen LogP) is 3.17. The lowest BCUT2D eigenvalue weighted by molar-refractivity contribution is -0.122. The van der Waals surface area contributed by atoms with Crippen LogP contribution in [0.4, 0.5) is 11.4 Å². The van der Waals surface area contributed by atoms with Crippen LogP contribution in [0.1, 0.15) is 23.1 Å². The lowest BCUT2D eigenvalue weighted by atomic mass is 10.1. The van der Waals surface area contributed by atoms with E-state index in [1.807, 2.05) is 45.0 Å². The first kappa shape index (κ1) is 19.2. The van der Waals surface area contributed by atoms with Crippen molar-refractivity contribution >= 4 is 27.3 Å². The topological polar surface area (TPSA) is 75.7 Å². The quantitative estimate of drug-likeness (QED) is 0.876. The fraction of sp³-hybridized carbons (Fsp3) is 0.350. The molecule has 0 radical (unpaired) electrons. The number of fused-ring (bicyclic) bond motifs is 1. The van der Waals surface area contributed by atoms with Gasteiger partial charge in [0.05, 0.1) is 11.9 Å². The van der Waals surface area contributed by atoms with Crippen LogP contribution >= 0.6 is 0 Å². The molecule has 27 heavy (non-hydrogen) atoms. The number of anilines is 2. The van der Waals surface area contributed by atoms with Crippen molar-refractivity contribution < 1.29 is 17.9 Å².